The third-order valence-electron chi connectivity index (χ3n) is 3.88. The number of rotatable bonds is 7. The summed E-state index contributed by atoms with van der Waals surface area (Å²) in [5.41, 5.74) is 2.92. The number of amides is 1. The first kappa shape index (κ1) is 17.4. The molecule has 1 unspecified atom stereocenters. The first-order valence-corrected chi connectivity index (χ1v) is 7.41. The van der Waals surface area contributed by atoms with Gasteiger partial charge in [0.05, 0.1) is 6.54 Å². The van der Waals surface area contributed by atoms with E-state index in [1.807, 2.05) is 38.8 Å². The highest BCUT2D eigenvalue weighted by atomic mass is 16.2. The molecule has 0 radical (unpaired) electrons. The standard InChI is InChI=1S/C16H27N3O2/c1-7-19-12(3)8-14(13(19)4)15(20)10-18(6)9-11(2)16(21)17-5/h8,11H,7,9-10H2,1-6H3,(H,17,21). The van der Waals surface area contributed by atoms with Crippen molar-refractivity contribution in [1.82, 2.24) is 14.8 Å². The molecule has 5 nitrogen and oxygen atoms in total. The third kappa shape index (κ3) is 4.17. The number of Topliss-reactive ketones (excluding diaryl/α,β-unsaturated/α-hetero) is 1. The van der Waals surface area contributed by atoms with Gasteiger partial charge in [-0.05, 0) is 33.9 Å². The largest absolute Gasteiger partial charge is 0.359 e. The molecule has 1 amide bonds. The highest BCUT2D eigenvalue weighted by Crippen LogP contribution is 2.16. The number of nitrogens with one attached hydrogen (secondary N) is 1. The molecule has 118 valence electrons. The molecule has 1 aromatic heterocycles. The Kier molecular flexibility index (Phi) is 6.15. The number of aromatic nitrogens is 1. The predicted octanol–water partition coefficient (Wildman–Crippen LogP) is 1.62. The Hall–Kier alpha value is -1.62. The van der Waals surface area contributed by atoms with Crippen LogP contribution in [0.5, 0.6) is 0 Å². The van der Waals surface area contributed by atoms with E-state index in [9.17, 15) is 9.59 Å². The van der Waals surface area contributed by atoms with E-state index in [-0.39, 0.29) is 17.6 Å². The van der Waals surface area contributed by atoms with Gasteiger partial charge in [-0.25, -0.2) is 0 Å². The minimum atomic E-state index is -0.129. The molecule has 1 N–H and O–H groups in total. The quantitative estimate of drug-likeness (QED) is 0.777. The van der Waals surface area contributed by atoms with Crippen LogP contribution in [0.1, 0.15) is 35.6 Å². The normalized spacial score (nSPS) is 12.5. The smallest absolute Gasteiger partial charge is 0.223 e. The number of hydrogen-bond acceptors (Lipinski definition) is 3. The van der Waals surface area contributed by atoms with Crippen molar-refractivity contribution in [1.29, 1.82) is 0 Å². The summed E-state index contributed by atoms with van der Waals surface area (Å²) in [5.74, 6) is -0.0243. The lowest BCUT2D eigenvalue weighted by Crippen LogP contribution is -2.36. The van der Waals surface area contributed by atoms with E-state index in [2.05, 4.69) is 16.8 Å². The summed E-state index contributed by atoms with van der Waals surface area (Å²) in [6.07, 6.45) is 0. The van der Waals surface area contributed by atoms with E-state index in [4.69, 9.17) is 0 Å². The summed E-state index contributed by atoms with van der Waals surface area (Å²) >= 11 is 0. The van der Waals surface area contributed by atoms with Crippen LogP contribution in [0.3, 0.4) is 0 Å². The number of carbonyl (C=O) groups is 2. The molecule has 21 heavy (non-hydrogen) atoms. The Morgan fingerprint density at radius 1 is 1.38 bits per heavy atom. The first-order valence-electron chi connectivity index (χ1n) is 7.41. The number of ketones is 1. The summed E-state index contributed by atoms with van der Waals surface area (Å²) in [6, 6.07) is 1.96. The van der Waals surface area contributed by atoms with Crippen molar-refractivity contribution in [3.05, 3.63) is 23.0 Å². The van der Waals surface area contributed by atoms with Crippen LogP contribution in [-0.2, 0) is 11.3 Å². The second kappa shape index (κ2) is 7.41. The van der Waals surface area contributed by atoms with Gasteiger partial charge in [0, 0.05) is 43.0 Å². The fourth-order valence-corrected chi connectivity index (χ4v) is 2.76. The highest BCUT2D eigenvalue weighted by molar-refractivity contribution is 5.99. The molecule has 1 heterocycles. The van der Waals surface area contributed by atoms with Crippen molar-refractivity contribution in [2.75, 3.05) is 27.2 Å². The summed E-state index contributed by atoms with van der Waals surface area (Å²) in [6.45, 7) is 9.71. The van der Waals surface area contributed by atoms with E-state index < -0.39 is 0 Å². The van der Waals surface area contributed by atoms with Crippen molar-refractivity contribution in [2.45, 2.75) is 34.2 Å². The minimum Gasteiger partial charge on any atom is -0.359 e. The number of nitrogens with zero attached hydrogens (tertiary/aromatic N) is 2. The lowest BCUT2D eigenvalue weighted by Gasteiger charge is -2.19. The van der Waals surface area contributed by atoms with Crippen molar-refractivity contribution < 1.29 is 9.59 Å². The van der Waals surface area contributed by atoms with Crippen molar-refractivity contribution in [3.8, 4) is 0 Å². The highest BCUT2D eigenvalue weighted by Gasteiger charge is 2.19. The molecular formula is C16H27N3O2. The minimum absolute atomic E-state index is 0.00143. The Morgan fingerprint density at radius 3 is 2.48 bits per heavy atom. The maximum absolute atomic E-state index is 12.4. The lowest BCUT2D eigenvalue weighted by molar-refractivity contribution is -0.124. The van der Waals surface area contributed by atoms with Gasteiger partial charge in [-0.2, -0.15) is 0 Å². The fraction of sp³-hybridized carbons (Fsp3) is 0.625. The molecule has 0 aliphatic heterocycles. The molecule has 1 atom stereocenters. The van der Waals surface area contributed by atoms with E-state index in [1.165, 1.54) is 0 Å². The van der Waals surface area contributed by atoms with Gasteiger partial charge >= 0.3 is 0 Å². The Morgan fingerprint density at radius 2 is 2.00 bits per heavy atom. The van der Waals surface area contributed by atoms with Crippen LogP contribution in [-0.4, -0.2) is 48.3 Å². The molecule has 0 aliphatic carbocycles. The number of carbonyl (C=O) groups excluding carboxylic acids is 2. The molecule has 0 saturated heterocycles. The second-order valence-electron chi connectivity index (χ2n) is 5.66. The SMILES string of the molecule is CCn1c(C)cc(C(=O)CN(C)CC(C)C(=O)NC)c1C. The van der Waals surface area contributed by atoms with Gasteiger partial charge in [0.1, 0.15) is 0 Å². The van der Waals surface area contributed by atoms with Crippen LogP contribution in [0.15, 0.2) is 6.07 Å². The van der Waals surface area contributed by atoms with Crippen molar-refractivity contribution in [2.24, 2.45) is 5.92 Å². The van der Waals surface area contributed by atoms with Gasteiger partial charge < -0.3 is 9.88 Å². The summed E-state index contributed by atoms with van der Waals surface area (Å²) in [5, 5.41) is 2.63. The summed E-state index contributed by atoms with van der Waals surface area (Å²) in [4.78, 5) is 25.8. The molecule has 0 spiro atoms. The molecule has 0 aliphatic rings. The number of aryl methyl sites for hydroxylation is 1. The average Bonchev–Trinajstić information content (AvgIpc) is 2.72. The molecule has 1 aromatic rings. The monoisotopic (exact) mass is 293 g/mol. The van der Waals surface area contributed by atoms with Gasteiger partial charge in [-0.1, -0.05) is 6.92 Å². The van der Waals surface area contributed by atoms with Gasteiger partial charge in [-0.3, -0.25) is 14.5 Å². The first-order chi connectivity index (χ1) is 9.81. The molecule has 0 aromatic carbocycles. The van der Waals surface area contributed by atoms with Crippen LogP contribution in [0.4, 0.5) is 0 Å². The van der Waals surface area contributed by atoms with Crippen LogP contribution in [0.2, 0.25) is 0 Å². The molecule has 1 rings (SSSR count). The number of hydrogen-bond donors (Lipinski definition) is 1. The molecule has 5 heteroatoms. The fourth-order valence-electron chi connectivity index (χ4n) is 2.76. The van der Waals surface area contributed by atoms with E-state index in [0.29, 0.717) is 13.1 Å². The zero-order chi connectivity index (χ0) is 16.2. The van der Waals surface area contributed by atoms with Gasteiger partial charge in [-0.15, -0.1) is 0 Å². The maximum atomic E-state index is 12.4. The Bertz CT molecular complexity index is 520. The van der Waals surface area contributed by atoms with Crippen LogP contribution < -0.4 is 5.32 Å². The van der Waals surface area contributed by atoms with Crippen LogP contribution in [0, 0.1) is 19.8 Å². The molecule has 0 fully saturated rings. The van der Waals surface area contributed by atoms with Crippen LogP contribution in [0.25, 0.3) is 0 Å². The third-order valence-corrected chi connectivity index (χ3v) is 3.88. The zero-order valence-electron chi connectivity index (χ0n) is 14.0. The summed E-state index contributed by atoms with van der Waals surface area (Å²) < 4.78 is 2.14. The Labute approximate surface area is 127 Å². The van der Waals surface area contributed by atoms with E-state index >= 15 is 0 Å². The van der Waals surface area contributed by atoms with Gasteiger partial charge in [0.2, 0.25) is 5.91 Å². The summed E-state index contributed by atoms with van der Waals surface area (Å²) in [7, 11) is 3.50. The van der Waals surface area contributed by atoms with Crippen molar-refractivity contribution >= 4 is 11.7 Å². The van der Waals surface area contributed by atoms with Gasteiger partial charge in [0.15, 0.2) is 5.78 Å². The topological polar surface area (TPSA) is 54.3 Å². The molecular weight excluding hydrogens is 266 g/mol. The van der Waals surface area contributed by atoms with Crippen LogP contribution >= 0.6 is 0 Å². The average molecular weight is 293 g/mol. The maximum Gasteiger partial charge on any atom is 0.223 e. The van der Waals surface area contributed by atoms with Crippen molar-refractivity contribution in [3.63, 3.8) is 0 Å². The predicted molar refractivity (Wildman–Crippen MR) is 84.6 cm³/mol. The Balaban J connectivity index is 2.71. The van der Waals surface area contributed by atoms with E-state index in [1.54, 1.807) is 7.05 Å². The second-order valence-corrected chi connectivity index (χ2v) is 5.66. The van der Waals surface area contributed by atoms with E-state index in [0.717, 1.165) is 23.5 Å². The molecule has 0 bridgehead atoms. The number of likely N-dealkylation sites (N-methyl/N-ethyl adjacent to an activating group) is 1. The molecule has 0 saturated carbocycles. The zero-order valence-corrected chi connectivity index (χ0v) is 14.0. The lowest BCUT2D eigenvalue weighted by atomic mass is 10.1. The van der Waals surface area contributed by atoms with Gasteiger partial charge in [0.25, 0.3) is 0 Å².